The van der Waals surface area contributed by atoms with Gasteiger partial charge in [0.05, 0.1) is 5.56 Å². The number of hydrogen-bond donors (Lipinski definition) is 0. The average molecular weight is 546 g/mol. The summed E-state index contributed by atoms with van der Waals surface area (Å²) >= 11 is 0. The van der Waals surface area contributed by atoms with E-state index in [-0.39, 0.29) is 23.2 Å². The third-order valence-electron chi connectivity index (χ3n) is 7.27. The van der Waals surface area contributed by atoms with Crippen molar-refractivity contribution < 1.29 is 22.5 Å². The molecular weight excluding hydrogens is 507 g/mol. The predicted molar refractivity (Wildman–Crippen MR) is 145 cm³/mol. The minimum atomic E-state index is -4.48. The second-order valence-electron chi connectivity index (χ2n) is 10.8. The summed E-state index contributed by atoms with van der Waals surface area (Å²) in [5.41, 5.74) is 0.0711. The van der Waals surface area contributed by atoms with Crippen LogP contribution in [-0.4, -0.2) is 52.1 Å². The highest BCUT2D eigenvalue weighted by atomic mass is 19.4. The lowest BCUT2D eigenvalue weighted by atomic mass is 9.97. The SMILES string of the molecule is CCCCC(CC)C(=O)N1CCCN(c2nc(CC(C)C)nc3onc(-c4cccc(C(F)(F)F)c4)c23)CC1. The van der Waals surface area contributed by atoms with Crippen LogP contribution in [0, 0.1) is 11.8 Å². The van der Waals surface area contributed by atoms with Crippen molar-refractivity contribution in [1.82, 2.24) is 20.0 Å². The topological polar surface area (TPSA) is 75.4 Å². The first-order chi connectivity index (χ1) is 18.6. The Kier molecular flexibility index (Phi) is 9.12. The molecule has 1 unspecified atom stereocenters. The number of carbonyl (C=O) groups excluding carboxylic acids is 1. The summed E-state index contributed by atoms with van der Waals surface area (Å²) in [6.45, 7) is 10.8. The van der Waals surface area contributed by atoms with Gasteiger partial charge in [-0.2, -0.15) is 18.2 Å². The summed E-state index contributed by atoms with van der Waals surface area (Å²) in [5, 5.41) is 4.65. The Morgan fingerprint density at radius 3 is 2.59 bits per heavy atom. The Balaban J connectivity index is 1.70. The molecule has 0 spiro atoms. The van der Waals surface area contributed by atoms with Gasteiger partial charge in [0.2, 0.25) is 5.91 Å². The molecule has 1 aromatic carbocycles. The molecule has 7 nitrogen and oxygen atoms in total. The van der Waals surface area contributed by atoms with Crippen LogP contribution >= 0.6 is 0 Å². The number of amides is 1. The van der Waals surface area contributed by atoms with E-state index in [1.54, 1.807) is 6.07 Å². The highest BCUT2D eigenvalue weighted by Gasteiger charge is 2.32. The quantitative estimate of drug-likeness (QED) is 0.296. The molecule has 10 heteroatoms. The molecule has 0 N–H and O–H groups in total. The van der Waals surface area contributed by atoms with E-state index in [1.165, 1.54) is 6.07 Å². The number of halogens is 3. The van der Waals surface area contributed by atoms with E-state index in [0.29, 0.717) is 61.1 Å². The van der Waals surface area contributed by atoms with Gasteiger partial charge in [0, 0.05) is 44.1 Å². The van der Waals surface area contributed by atoms with Crippen molar-refractivity contribution >= 4 is 22.8 Å². The molecule has 1 aliphatic heterocycles. The summed E-state index contributed by atoms with van der Waals surface area (Å²) in [4.78, 5) is 26.8. The molecule has 0 bridgehead atoms. The molecule has 212 valence electrons. The lowest BCUT2D eigenvalue weighted by molar-refractivity contribution is -0.137. The Bertz CT molecular complexity index is 1270. The Labute approximate surface area is 227 Å². The largest absolute Gasteiger partial charge is 0.416 e. The second kappa shape index (κ2) is 12.3. The number of alkyl halides is 3. The van der Waals surface area contributed by atoms with Crippen LogP contribution in [0.5, 0.6) is 0 Å². The Morgan fingerprint density at radius 1 is 1.10 bits per heavy atom. The second-order valence-corrected chi connectivity index (χ2v) is 10.8. The number of nitrogens with zero attached hydrogens (tertiary/aromatic N) is 5. The maximum atomic E-state index is 13.5. The van der Waals surface area contributed by atoms with Gasteiger partial charge in [-0.15, -0.1) is 0 Å². The molecule has 0 saturated carbocycles. The summed E-state index contributed by atoms with van der Waals surface area (Å²) < 4.78 is 46.0. The minimum absolute atomic E-state index is 0.0329. The molecule has 1 atom stereocenters. The van der Waals surface area contributed by atoms with E-state index in [1.807, 2.05) is 4.90 Å². The van der Waals surface area contributed by atoms with Crippen molar-refractivity contribution in [3.8, 4) is 11.3 Å². The molecule has 1 amide bonds. The summed E-state index contributed by atoms with van der Waals surface area (Å²) in [6.07, 6.45) is 0.721. The first-order valence-corrected chi connectivity index (χ1v) is 14.0. The Hall–Kier alpha value is -3.17. The van der Waals surface area contributed by atoms with Gasteiger partial charge in [-0.3, -0.25) is 4.79 Å². The van der Waals surface area contributed by atoms with Gasteiger partial charge < -0.3 is 14.3 Å². The van der Waals surface area contributed by atoms with Crippen molar-refractivity contribution in [2.45, 2.75) is 72.4 Å². The van der Waals surface area contributed by atoms with Gasteiger partial charge in [-0.1, -0.05) is 57.8 Å². The monoisotopic (exact) mass is 545 g/mol. The molecule has 0 radical (unpaired) electrons. The molecule has 1 saturated heterocycles. The minimum Gasteiger partial charge on any atom is -0.354 e. The molecule has 1 fully saturated rings. The van der Waals surface area contributed by atoms with Gasteiger partial charge in [0.1, 0.15) is 22.7 Å². The standard InChI is InChI=1S/C29H38F3N5O2/c1-5-7-10-20(6-2)28(38)37-14-9-13-36(15-16-37)26-24-25(21-11-8-12-22(18-21)29(30,31)32)35-39-27(24)34-23(33-26)17-19(3)4/h8,11-12,18-20H,5-7,9-10,13-17H2,1-4H3. The van der Waals surface area contributed by atoms with Gasteiger partial charge in [-0.05, 0) is 37.3 Å². The third kappa shape index (κ3) is 6.70. The van der Waals surface area contributed by atoms with Crippen molar-refractivity contribution in [2.75, 3.05) is 31.1 Å². The van der Waals surface area contributed by atoms with Crippen LogP contribution < -0.4 is 4.90 Å². The van der Waals surface area contributed by atoms with Crippen LogP contribution in [0.2, 0.25) is 0 Å². The van der Waals surface area contributed by atoms with E-state index >= 15 is 0 Å². The van der Waals surface area contributed by atoms with E-state index in [4.69, 9.17) is 9.51 Å². The zero-order valence-electron chi connectivity index (χ0n) is 23.2. The van der Waals surface area contributed by atoms with E-state index in [2.05, 4.69) is 42.7 Å². The van der Waals surface area contributed by atoms with Crippen LogP contribution in [0.4, 0.5) is 19.0 Å². The smallest absolute Gasteiger partial charge is 0.354 e. The van der Waals surface area contributed by atoms with Gasteiger partial charge in [-0.25, -0.2) is 4.98 Å². The summed E-state index contributed by atoms with van der Waals surface area (Å²) in [7, 11) is 0. The van der Waals surface area contributed by atoms with Gasteiger partial charge in [0.25, 0.3) is 5.71 Å². The lowest BCUT2D eigenvalue weighted by Crippen LogP contribution is -2.39. The molecule has 39 heavy (non-hydrogen) atoms. The van der Waals surface area contributed by atoms with Crippen LogP contribution in [0.25, 0.3) is 22.4 Å². The van der Waals surface area contributed by atoms with Gasteiger partial charge in [0.15, 0.2) is 0 Å². The third-order valence-corrected chi connectivity index (χ3v) is 7.27. The van der Waals surface area contributed by atoms with Crippen molar-refractivity contribution in [3.63, 3.8) is 0 Å². The van der Waals surface area contributed by atoms with Crippen molar-refractivity contribution in [2.24, 2.45) is 11.8 Å². The average Bonchev–Trinajstić information content (AvgIpc) is 3.16. The predicted octanol–water partition coefficient (Wildman–Crippen LogP) is 6.76. The number of benzene rings is 1. The number of rotatable bonds is 9. The fraction of sp³-hybridized carbons (Fsp3) is 0.586. The number of aromatic nitrogens is 3. The number of hydrogen-bond acceptors (Lipinski definition) is 6. The molecular formula is C29H38F3N5O2. The van der Waals surface area contributed by atoms with E-state index < -0.39 is 11.7 Å². The van der Waals surface area contributed by atoms with Crippen molar-refractivity contribution in [1.29, 1.82) is 0 Å². The molecule has 0 aliphatic carbocycles. The zero-order valence-corrected chi connectivity index (χ0v) is 23.2. The fourth-order valence-corrected chi connectivity index (χ4v) is 5.17. The van der Waals surface area contributed by atoms with Crippen LogP contribution in [0.1, 0.15) is 71.2 Å². The molecule has 2 aromatic heterocycles. The maximum absolute atomic E-state index is 13.5. The highest BCUT2D eigenvalue weighted by Crippen LogP contribution is 2.37. The lowest BCUT2D eigenvalue weighted by Gasteiger charge is -2.26. The molecule has 4 rings (SSSR count). The molecule has 1 aliphatic rings. The van der Waals surface area contributed by atoms with E-state index in [9.17, 15) is 18.0 Å². The first kappa shape index (κ1) is 28.8. The first-order valence-electron chi connectivity index (χ1n) is 14.0. The number of anilines is 1. The fourth-order valence-electron chi connectivity index (χ4n) is 5.17. The highest BCUT2D eigenvalue weighted by molar-refractivity contribution is 5.98. The van der Waals surface area contributed by atoms with Gasteiger partial charge >= 0.3 is 6.18 Å². The van der Waals surface area contributed by atoms with Crippen molar-refractivity contribution in [3.05, 3.63) is 35.7 Å². The number of fused-ring (bicyclic) bond motifs is 1. The maximum Gasteiger partial charge on any atom is 0.416 e. The molecule has 3 aromatic rings. The van der Waals surface area contributed by atoms with Crippen LogP contribution in [0.3, 0.4) is 0 Å². The number of carbonyl (C=O) groups is 1. The zero-order chi connectivity index (χ0) is 28.2. The van der Waals surface area contributed by atoms with Crippen LogP contribution in [-0.2, 0) is 17.4 Å². The normalized spacial score (nSPS) is 15.7. The summed E-state index contributed by atoms with van der Waals surface area (Å²) in [5.74, 6) is 1.73. The number of unbranched alkanes of at least 4 members (excludes halogenated alkanes) is 1. The van der Waals surface area contributed by atoms with E-state index in [0.717, 1.165) is 44.2 Å². The van der Waals surface area contributed by atoms with Crippen LogP contribution in [0.15, 0.2) is 28.8 Å². The summed E-state index contributed by atoms with van der Waals surface area (Å²) in [6, 6.07) is 5.06. The molecule has 3 heterocycles. The Morgan fingerprint density at radius 2 is 1.90 bits per heavy atom.